The second-order valence-electron chi connectivity index (χ2n) is 6.30. The number of nitrogens with one attached hydrogen (secondary N) is 1. The molecule has 2 aromatic rings. The van der Waals surface area contributed by atoms with E-state index in [-0.39, 0.29) is 17.4 Å². The average Bonchev–Trinajstić information content (AvgIpc) is 3.10. The third-order valence-corrected chi connectivity index (χ3v) is 5.36. The number of aromatic nitrogens is 1. The van der Waals surface area contributed by atoms with Crippen molar-refractivity contribution in [2.24, 2.45) is 0 Å². The Kier molecular flexibility index (Phi) is 5.61. The Morgan fingerprint density at radius 2 is 2.19 bits per heavy atom. The van der Waals surface area contributed by atoms with Crippen LogP contribution in [0.5, 0.6) is 0 Å². The highest BCUT2D eigenvalue weighted by Gasteiger charge is 2.28. The zero-order valence-corrected chi connectivity index (χ0v) is 15.1. The van der Waals surface area contributed by atoms with Crippen LogP contribution in [0.15, 0.2) is 23.6 Å². The molecule has 0 saturated carbocycles. The van der Waals surface area contributed by atoms with E-state index in [4.69, 9.17) is 0 Å². The molecular weight excluding hydrogens is 360 g/mol. The van der Waals surface area contributed by atoms with E-state index in [1.165, 1.54) is 18.3 Å². The van der Waals surface area contributed by atoms with E-state index in [9.17, 15) is 18.4 Å². The smallest absolute Gasteiger partial charge is 0.256 e. The second-order valence-corrected chi connectivity index (χ2v) is 7.19. The molecular formula is C18H19F2N3O2S. The van der Waals surface area contributed by atoms with Gasteiger partial charge in [0.25, 0.3) is 5.91 Å². The van der Waals surface area contributed by atoms with Gasteiger partial charge in [-0.3, -0.25) is 9.59 Å². The van der Waals surface area contributed by atoms with Crippen LogP contribution in [-0.2, 0) is 11.3 Å². The Hall–Kier alpha value is -2.35. The summed E-state index contributed by atoms with van der Waals surface area (Å²) in [5, 5.41) is 5.48. The zero-order valence-electron chi connectivity index (χ0n) is 14.3. The lowest BCUT2D eigenvalue weighted by atomic mass is 9.98. The van der Waals surface area contributed by atoms with Crippen LogP contribution in [0.3, 0.4) is 0 Å². The van der Waals surface area contributed by atoms with Gasteiger partial charge in [-0.25, -0.2) is 13.8 Å². The van der Waals surface area contributed by atoms with Crippen LogP contribution in [0.1, 0.15) is 46.7 Å². The molecule has 0 bridgehead atoms. The molecule has 1 aliphatic rings. The molecule has 2 amide bonds. The van der Waals surface area contributed by atoms with E-state index < -0.39 is 17.5 Å². The maximum atomic E-state index is 13.9. The fourth-order valence-electron chi connectivity index (χ4n) is 3.00. The molecule has 0 aliphatic carbocycles. The largest absolute Gasteiger partial charge is 0.351 e. The Labute approximate surface area is 154 Å². The summed E-state index contributed by atoms with van der Waals surface area (Å²) in [6.07, 6.45) is 1.65. The van der Waals surface area contributed by atoms with Crippen LogP contribution >= 0.6 is 11.3 Å². The number of rotatable bonds is 4. The van der Waals surface area contributed by atoms with Crippen LogP contribution in [-0.4, -0.2) is 34.8 Å². The highest BCUT2D eigenvalue weighted by molar-refractivity contribution is 7.09. The van der Waals surface area contributed by atoms with Gasteiger partial charge in [-0.15, -0.1) is 11.3 Å². The van der Waals surface area contributed by atoms with Crippen molar-refractivity contribution < 1.29 is 18.4 Å². The summed E-state index contributed by atoms with van der Waals surface area (Å²) >= 11 is 1.49. The number of nitrogens with zero attached hydrogens (tertiary/aromatic N) is 2. The fourth-order valence-corrected chi connectivity index (χ4v) is 3.95. The van der Waals surface area contributed by atoms with E-state index in [2.05, 4.69) is 10.3 Å². The molecule has 0 unspecified atom stereocenters. The van der Waals surface area contributed by atoms with Gasteiger partial charge in [0.2, 0.25) is 5.91 Å². The van der Waals surface area contributed by atoms with Crippen molar-refractivity contribution in [1.29, 1.82) is 0 Å². The zero-order chi connectivity index (χ0) is 18.7. The number of likely N-dealkylation sites (tertiary alicyclic amines) is 1. The van der Waals surface area contributed by atoms with Crippen molar-refractivity contribution in [2.45, 2.75) is 32.2 Å². The normalized spacial score (nSPS) is 17.2. The SMILES string of the molecule is CC(=O)NCc1csc([C@@H]2CCCN(C(=O)c3cc(F)ccc3F)C2)n1. The van der Waals surface area contributed by atoms with Gasteiger partial charge in [-0.05, 0) is 31.0 Å². The third-order valence-electron chi connectivity index (χ3n) is 4.30. The molecule has 1 atom stereocenters. The van der Waals surface area contributed by atoms with Crippen molar-refractivity contribution in [1.82, 2.24) is 15.2 Å². The lowest BCUT2D eigenvalue weighted by Gasteiger charge is -2.32. The Morgan fingerprint density at radius 1 is 1.38 bits per heavy atom. The summed E-state index contributed by atoms with van der Waals surface area (Å²) in [6, 6.07) is 2.91. The van der Waals surface area contributed by atoms with Crippen molar-refractivity contribution in [3.63, 3.8) is 0 Å². The first kappa shape index (κ1) is 18.4. The fraction of sp³-hybridized carbons (Fsp3) is 0.389. The number of thiazole rings is 1. The molecule has 1 fully saturated rings. The summed E-state index contributed by atoms with van der Waals surface area (Å²) in [5.74, 6) is -1.91. The predicted molar refractivity (Wildman–Crippen MR) is 93.9 cm³/mol. The highest BCUT2D eigenvalue weighted by atomic mass is 32.1. The molecule has 1 saturated heterocycles. The van der Waals surface area contributed by atoms with E-state index >= 15 is 0 Å². The third kappa shape index (κ3) is 4.24. The summed E-state index contributed by atoms with van der Waals surface area (Å²) in [6.45, 7) is 2.75. The number of piperidine rings is 1. The molecule has 8 heteroatoms. The lowest BCUT2D eigenvalue weighted by molar-refractivity contribution is -0.119. The van der Waals surface area contributed by atoms with Gasteiger partial charge < -0.3 is 10.2 Å². The number of amides is 2. The Bertz CT molecular complexity index is 825. The van der Waals surface area contributed by atoms with Gasteiger partial charge in [-0.1, -0.05) is 0 Å². The lowest BCUT2D eigenvalue weighted by Crippen LogP contribution is -2.39. The van der Waals surface area contributed by atoms with E-state index in [0.717, 1.165) is 41.7 Å². The monoisotopic (exact) mass is 379 g/mol. The average molecular weight is 379 g/mol. The summed E-state index contributed by atoms with van der Waals surface area (Å²) in [5.41, 5.74) is 0.538. The van der Waals surface area contributed by atoms with Crippen LogP contribution < -0.4 is 5.32 Å². The number of carbonyl (C=O) groups excluding carboxylic acids is 2. The predicted octanol–water partition coefficient (Wildman–Crippen LogP) is 3.08. The molecule has 1 aromatic carbocycles. The standard InChI is InChI=1S/C18H19F2N3O2S/c1-11(24)21-8-14-10-26-17(22-14)12-3-2-6-23(9-12)18(25)15-7-13(19)4-5-16(15)20/h4-5,7,10,12H,2-3,6,8-9H2,1H3,(H,21,24)/t12-/m1/s1. The molecule has 5 nitrogen and oxygen atoms in total. The summed E-state index contributed by atoms with van der Waals surface area (Å²) < 4.78 is 27.3. The highest BCUT2D eigenvalue weighted by Crippen LogP contribution is 2.30. The van der Waals surface area contributed by atoms with E-state index in [1.807, 2.05) is 5.38 Å². The molecule has 1 aliphatic heterocycles. The first-order valence-electron chi connectivity index (χ1n) is 8.37. The van der Waals surface area contributed by atoms with Crippen LogP contribution in [0, 0.1) is 11.6 Å². The van der Waals surface area contributed by atoms with Gasteiger partial charge in [-0.2, -0.15) is 0 Å². The van der Waals surface area contributed by atoms with Crippen molar-refractivity contribution in [3.05, 3.63) is 51.5 Å². The Balaban J connectivity index is 1.70. The van der Waals surface area contributed by atoms with Crippen LogP contribution in [0.4, 0.5) is 8.78 Å². The van der Waals surface area contributed by atoms with Gasteiger partial charge in [0.05, 0.1) is 22.8 Å². The maximum Gasteiger partial charge on any atom is 0.256 e. The van der Waals surface area contributed by atoms with Gasteiger partial charge >= 0.3 is 0 Å². The van der Waals surface area contributed by atoms with Crippen LogP contribution in [0.2, 0.25) is 0 Å². The van der Waals surface area contributed by atoms with E-state index in [1.54, 1.807) is 4.90 Å². The minimum Gasteiger partial charge on any atom is -0.351 e. The number of hydrogen-bond acceptors (Lipinski definition) is 4. The number of carbonyl (C=O) groups is 2. The van der Waals surface area contributed by atoms with E-state index in [0.29, 0.717) is 19.6 Å². The molecule has 1 N–H and O–H groups in total. The van der Waals surface area contributed by atoms with Gasteiger partial charge in [0, 0.05) is 31.3 Å². The topological polar surface area (TPSA) is 62.3 Å². The number of halogens is 2. The maximum absolute atomic E-state index is 13.9. The van der Waals surface area contributed by atoms with Crippen molar-refractivity contribution in [3.8, 4) is 0 Å². The minimum atomic E-state index is -0.717. The first-order valence-corrected chi connectivity index (χ1v) is 9.25. The second kappa shape index (κ2) is 7.90. The summed E-state index contributed by atoms with van der Waals surface area (Å²) in [4.78, 5) is 29.7. The molecule has 26 heavy (non-hydrogen) atoms. The molecule has 3 rings (SSSR count). The molecule has 0 radical (unpaired) electrons. The minimum absolute atomic E-state index is 0.0559. The molecule has 0 spiro atoms. The number of hydrogen-bond donors (Lipinski definition) is 1. The molecule has 138 valence electrons. The first-order chi connectivity index (χ1) is 12.4. The Morgan fingerprint density at radius 3 is 2.96 bits per heavy atom. The van der Waals surface area contributed by atoms with Crippen molar-refractivity contribution in [2.75, 3.05) is 13.1 Å². The van der Waals surface area contributed by atoms with Gasteiger partial charge in [0.15, 0.2) is 0 Å². The molecule has 1 aromatic heterocycles. The van der Waals surface area contributed by atoms with Gasteiger partial charge in [0.1, 0.15) is 11.6 Å². The van der Waals surface area contributed by atoms with Crippen LogP contribution in [0.25, 0.3) is 0 Å². The molecule has 2 heterocycles. The van der Waals surface area contributed by atoms with Crippen molar-refractivity contribution >= 4 is 23.2 Å². The number of benzene rings is 1. The quantitative estimate of drug-likeness (QED) is 0.888. The summed E-state index contributed by atoms with van der Waals surface area (Å²) in [7, 11) is 0.